The van der Waals surface area contributed by atoms with Crippen LogP contribution in [0.4, 0.5) is 6.01 Å². The first-order chi connectivity index (χ1) is 16.1. The fraction of sp³-hybridized carbons (Fsp3) is 0.280. The molecule has 0 unspecified atom stereocenters. The second kappa shape index (κ2) is 8.79. The van der Waals surface area contributed by atoms with Crippen LogP contribution in [0.2, 0.25) is 0 Å². The molecule has 4 aromatic rings. The number of nitrogens with zero attached hydrogens (tertiary/aromatic N) is 5. The van der Waals surface area contributed by atoms with Crippen molar-refractivity contribution in [3.8, 4) is 11.8 Å². The van der Waals surface area contributed by atoms with Crippen LogP contribution in [0.15, 0.2) is 59.0 Å². The monoisotopic (exact) mass is 441 g/mol. The minimum atomic E-state index is -0.255. The highest BCUT2D eigenvalue weighted by atomic mass is 16.5. The van der Waals surface area contributed by atoms with Crippen molar-refractivity contribution in [1.82, 2.24) is 14.8 Å². The van der Waals surface area contributed by atoms with Crippen molar-refractivity contribution in [1.29, 1.82) is 5.26 Å². The van der Waals surface area contributed by atoms with E-state index in [9.17, 15) is 10.1 Å². The molecular weight excluding hydrogens is 418 g/mol. The van der Waals surface area contributed by atoms with Gasteiger partial charge in [0.25, 0.3) is 6.01 Å². The predicted molar refractivity (Wildman–Crippen MR) is 122 cm³/mol. The zero-order valence-corrected chi connectivity index (χ0v) is 18.3. The number of oxazole rings is 1. The molecule has 1 aliphatic rings. The van der Waals surface area contributed by atoms with E-state index in [0.29, 0.717) is 48.9 Å². The smallest absolute Gasteiger partial charge is 0.309 e. The van der Waals surface area contributed by atoms with E-state index in [2.05, 4.69) is 21.1 Å². The lowest BCUT2D eigenvalue weighted by Crippen LogP contribution is -2.37. The van der Waals surface area contributed by atoms with Gasteiger partial charge >= 0.3 is 5.97 Å². The number of hydrogen-bond donors (Lipinski definition) is 0. The van der Waals surface area contributed by atoms with Gasteiger partial charge in [0.2, 0.25) is 0 Å². The van der Waals surface area contributed by atoms with E-state index in [1.807, 2.05) is 54.6 Å². The maximum absolute atomic E-state index is 12.8. The van der Waals surface area contributed by atoms with E-state index in [4.69, 9.17) is 9.15 Å². The van der Waals surface area contributed by atoms with Crippen molar-refractivity contribution < 1.29 is 13.9 Å². The number of carbonyl (C=O) groups excluding carboxylic acids is 1. The summed E-state index contributed by atoms with van der Waals surface area (Å²) in [6.45, 7) is 3.11. The highest BCUT2D eigenvalue weighted by molar-refractivity contribution is 5.75. The first-order valence-corrected chi connectivity index (χ1v) is 10.9. The number of benzene rings is 2. The maximum atomic E-state index is 12.8. The Bertz CT molecular complexity index is 1290. The van der Waals surface area contributed by atoms with Gasteiger partial charge in [0.1, 0.15) is 23.8 Å². The van der Waals surface area contributed by atoms with Gasteiger partial charge in [-0.25, -0.2) is 4.68 Å². The number of anilines is 1. The molecule has 0 N–H and O–H groups in total. The van der Waals surface area contributed by atoms with Gasteiger partial charge in [-0.2, -0.15) is 15.3 Å². The number of nitriles is 1. The minimum absolute atomic E-state index is 0.00278. The van der Waals surface area contributed by atoms with Crippen molar-refractivity contribution in [2.24, 2.45) is 5.92 Å². The fourth-order valence-corrected chi connectivity index (χ4v) is 4.20. The van der Waals surface area contributed by atoms with Gasteiger partial charge in [0.05, 0.1) is 23.0 Å². The first-order valence-electron chi connectivity index (χ1n) is 10.9. The average molecular weight is 441 g/mol. The highest BCUT2D eigenvalue weighted by Crippen LogP contribution is 2.27. The third kappa shape index (κ3) is 4.05. The van der Waals surface area contributed by atoms with Gasteiger partial charge in [-0.1, -0.05) is 30.3 Å². The quantitative estimate of drug-likeness (QED) is 0.429. The normalized spacial score (nSPS) is 14.4. The summed E-state index contributed by atoms with van der Waals surface area (Å²) in [6, 6.07) is 20.0. The zero-order chi connectivity index (χ0) is 22.8. The number of fused-ring (bicyclic) bond motifs is 1. The van der Waals surface area contributed by atoms with Crippen molar-refractivity contribution in [2.45, 2.75) is 26.4 Å². The van der Waals surface area contributed by atoms with Crippen LogP contribution in [0.1, 0.15) is 29.8 Å². The SMILES string of the molecule is Cc1nn(-c2ccccc2)c(COC(=O)C2CCN(c3nc4ccccc4o3)CC2)c1C#N. The summed E-state index contributed by atoms with van der Waals surface area (Å²) in [5, 5.41) is 14.1. The number of aromatic nitrogens is 3. The van der Waals surface area contributed by atoms with Crippen LogP contribution in [0.25, 0.3) is 16.8 Å². The van der Waals surface area contributed by atoms with E-state index < -0.39 is 0 Å². The van der Waals surface area contributed by atoms with Crippen molar-refractivity contribution in [3.05, 3.63) is 71.5 Å². The summed E-state index contributed by atoms with van der Waals surface area (Å²) < 4.78 is 13.2. The van der Waals surface area contributed by atoms with Crippen LogP contribution < -0.4 is 4.90 Å². The minimum Gasteiger partial charge on any atom is -0.459 e. The zero-order valence-electron chi connectivity index (χ0n) is 18.3. The van der Waals surface area contributed by atoms with Crippen LogP contribution in [-0.4, -0.2) is 33.8 Å². The Morgan fingerprint density at radius 1 is 1.15 bits per heavy atom. The molecule has 0 spiro atoms. The fourth-order valence-electron chi connectivity index (χ4n) is 4.20. The Hall–Kier alpha value is -4.12. The van der Waals surface area contributed by atoms with Gasteiger partial charge in [0.15, 0.2) is 5.58 Å². The van der Waals surface area contributed by atoms with Crippen molar-refractivity contribution in [2.75, 3.05) is 18.0 Å². The van der Waals surface area contributed by atoms with Gasteiger partial charge in [0, 0.05) is 13.1 Å². The lowest BCUT2D eigenvalue weighted by atomic mass is 9.97. The standard InChI is InChI=1S/C25H23N5O3/c1-17-20(15-26)22(30(28-17)19-7-3-2-4-8-19)16-32-24(31)18-11-13-29(14-12-18)25-27-21-9-5-6-10-23(21)33-25/h2-10,18H,11-14,16H2,1H3. The van der Waals surface area contributed by atoms with Crippen LogP contribution in [0.3, 0.4) is 0 Å². The molecule has 1 aliphatic heterocycles. The number of para-hydroxylation sites is 3. The van der Waals surface area contributed by atoms with E-state index in [1.54, 1.807) is 11.6 Å². The number of esters is 1. The van der Waals surface area contributed by atoms with Crippen molar-refractivity contribution >= 4 is 23.1 Å². The summed E-state index contributed by atoms with van der Waals surface area (Å²) in [7, 11) is 0. The molecule has 5 rings (SSSR count). The third-order valence-corrected chi connectivity index (χ3v) is 6.00. The number of carbonyl (C=O) groups is 1. The molecule has 0 atom stereocenters. The van der Waals surface area contributed by atoms with Gasteiger partial charge in [-0.15, -0.1) is 0 Å². The number of ether oxygens (including phenoxy) is 1. The molecule has 0 aliphatic carbocycles. The summed E-state index contributed by atoms with van der Waals surface area (Å²) >= 11 is 0. The number of piperidine rings is 1. The van der Waals surface area contributed by atoms with Crippen molar-refractivity contribution in [3.63, 3.8) is 0 Å². The Morgan fingerprint density at radius 2 is 1.88 bits per heavy atom. The van der Waals surface area contributed by atoms with Crippen LogP contribution in [-0.2, 0) is 16.1 Å². The van der Waals surface area contributed by atoms with E-state index in [1.165, 1.54) is 0 Å². The summed E-state index contributed by atoms with van der Waals surface area (Å²) in [4.78, 5) is 19.4. The van der Waals surface area contributed by atoms with Gasteiger partial charge in [-0.3, -0.25) is 4.79 Å². The van der Waals surface area contributed by atoms with Gasteiger partial charge < -0.3 is 14.1 Å². The number of rotatable bonds is 5. The molecule has 2 aromatic carbocycles. The second-order valence-corrected chi connectivity index (χ2v) is 8.10. The molecule has 0 saturated carbocycles. The van der Waals surface area contributed by atoms with E-state index in [-0.39, 0.29) is 18.5 Å². The van der Waals surface area contributed by atoms with E-state index >= 15 is 0 Å². The number of aryl methyl sites for hydroxylation is 1. The largest absolute Gasteiger partial charge is 0.459 e. The molecule has 0 amide bonds. The van der Waals surface area contributed by atoms with Gasteiger partial charge in [-0.05, 0) is 44.0 Å². The Morgan fingerprint density at radius 3 is 2.61 bits per heavy atom. The summed E-state index contributed by atoms with van der Waals surface area (Å²) in [6.07, 6.45) is 1.30. The molecule has 33 heavy (non-hydrogen) atoms. The average Bonchev–Trinajstić information content (AvgIpc) is 3.43. The topological polar surface area (TPSA) is 97.2 Å². The maximum Gasteiger partial charge on any atom is 0.309 e. The molecule has 8 heteroatoms. The molecule has 0 bridgehead atoms. The molecular formula is C25H23N5O3. The van der Waals surface area contributed by atoms with E-state index in [0.717, 1.165) is 16.8 Å². The summed E-state index contributed by atoms with van der Waals surface area (Å²) in [5.41, 5.74) is 4.04. The number of hydrogen-bond acceptors (Lipinski definition) is 7. The van der Waals surface area contributed by atoms with Crippen LogP contribution in [0, 0.1) is 24.2 Å². The van der Waals surface area contributed by atoms with Crippen LogP contribution >= 0.6 is 0 Å². The molecule has 3 heterocycles. The Kier molecular flexibility index (Phi) is 5.53. The lowest BCUT2D eigenvalue weighted by molar-refractivity contribution is -0.150. The lowest BCUT2D eigenvalue weighted by Gasteiger charge is -2.29. The molecule has 0 radical (unpaired) electrons. The second-order valence-electron chi connectivity index (χ2n) is 8.10. The predicted octanol–water partition coefficient (Wildman–Crippen LogP) is 4.15. The molecule has 2 aromatic heterocycles. The Balaban J connectivity index is 1.24. The molecule has 1 saturated heterocycles. The third-order valence-electron chi connectivity index (χ3n) is 6.00. The first kappa shape index (κ1) is 20.8. The highest BCUT2D eigenvalue weighted by Gasteiger charge is 2.29. The Labute approximate surface area is 191 Å². The molecule has 1 fully saturated rings. The summed E-state index contributed by atoms with van der Waals surface area (Å²) in [5.74, 6) is -0.458. The molecule has 166 valence electrons. The van der Waals surface area contributed by atoms with Crippen LogP contribution in [0.5, 0.6) is 0 Å². The molecule has 8 nitrogen and oxygen atoms in total.